The van der Waals surface area contributed by atoms with E-state index in [1.54, 1.807) is 39.8 Å². The topological polar surface area (TPSA) is 89.3 Å². The molecule has 0 saturated heterocycles. The number of anilines is 1. The zero-order valence-corrected chi connectivity index (χ0v) is 13.3. The van der Waals surface area contributed by atoms with Crippen molar-refractivity contribution in [1.29, 1.82) is 0 Å². The van der Waals surface area contributed by atoms with E-state index in [0.717, 1.165) is 0 Å². The fourth-order valence-electron chi connectivity index (χ4n) is 1.73. The number of hydrogen-bond acceptors (Lipinski definition) is 4. The lowest BCUT2D eigenvalue weighted by Crippen LogP contribution is -2.47. The summed E-state index contributed by atoms with van der Waals surface area (Å²) in [5.41, 5.74) is 6.09. The molecule has 0 heterocycles. The number of carbonyl (C=O) groups excluding carboxylic acids is 1. The molecule has 1 unspecified atom stereocenters. The van der Waals surface area contributed by atoms with Crippen molar-refractivity contribution >= 4 is 21.4 Å². The molecule has 1 aromatic carbocycles. The second-order valence-corrected chi connectivity index (χ2v) is 8.19. The molecule has 1 atom stereocenters. The Morgan fingerprint density at radius 2 is 1.85 bits per heavy atom. The number of sulfone groups is 1. The first kappa shape index (κ1) is 16.5. The SMILES string of the molecule is Cc1ccc(N)cc1S(=O)(=O)C(C)C(=O)NC(C)(C)C. The van der Waals surface area contributed by atoms with Crippen LogP contribution in [0, 0.1) is 6.92 Å². The van der Waals surface area contributed by atoms with Gasteiger partial charge >= 0.3 is 0 Å². The van der Waals surface area contributed by atoms with Crippen LogP contribution in [0.15, 0.2) is 23.1 Å². The van der Waals surface area contributed by atoms with E-state index in [-0.39, 0.29) is 4.90 Å². The fourth-order valence-corrected chi connectivity index (χ4v) is 3.26. The summed E-state index contributed by atoms with van der Waals surface area (Å²) in [7, 11) is -3.76. The van der Waals surface area contributed by atoms with Crippen LogP contribution in [0.4, 0.5) is 5.69 Å². The van der Waals surface area contributed by atoms with E-state index >= 15 is 0 Å². The molecule has 1 amide bonds. The molecule has 0 bridgehead atoms. The van der Waals surface area contributed by atoms with Crippen LogP contribution in [0.3, 0.4) is 0 Å². The van der Waals surface area contributed by atoms with Crippen molar-refractivity contribution in [3.8, 4) is 0 Å². The monoisotopic (exact) mass is 298 g/mol. The van der Waals surface area contributed by atoms with Gasteiger partial charge in [0.25, 0.3) is 0 Å². The minimum Gasteiger partial charge on any atom is -0.399 e. The predicted molar refractivity (Wildman–Crippen MR) is 80.1 cm³/mol. The highest BCUT2D eigenvalue weighted by Crippen LogP contribution is 2.23. The van der Waals surface area contributed by atoms with E-state index in [1.807, 2.05) is 0 Å². The summed E-state index contributed by atoms with van der Waals surface area (Å²) in [6.07, 6.45) is 0. The summed E-state index contributed by atoms with van der Waals surface area (Å²) >= 11 is 0. The van der Waals surface area contributed by atoms with Gasteiger partial charge in [-0.25, -0.2) is 8.42 Å². The highest BCUT2D eigenvalue weighted by Gasteiger charge is 2.32. The third kappa shape index (κ3) is 3.72. The van der Waals surface area contributed by atoms with Gasteiger partial charge in [-0.05, 0) is 52.3 Å². The molecule has 1 rings (SSSR count). The molecule has 5 nitrogen and oxygen atoms in total. The maximum Gasteiger partial charge on any atom is 0.238 e. The maximum atomic E-state index is 12.5. The summed E-state index contributed by atoms with van der Waals surface area (Å²) in [4.78, 5) is 12.2. The predicted octanol–water partition coefficient (Wildman–Crippen LogP) is 1.65. The van der Waals surface area contributed by atoms with Gasteiger partial charge in [0.15, 0.2) is 9.84 Å². The Kier molecular flexibility index (Phi) is 4.49. The Morgan fingerprint density at radius 1 is 1.30 bits per heavy atom. The highest BCUT2D eigenvalue weighted by molar-refractivity contribution is 7.92. The third-order valence-electron chi connectivity index (χ3n) is 2.85. The third-order valence-corrected chi connectivity index (χ3v) is 5.05. The van der Waals surface area contributed by atoms with Gasteiger partial charge in [0.1, 0.15) is 5.25 Å². The Hall–Kier alpha value is -1.56. The summed E-state index contributed by atoms with van der Waals surface area (Å²) in [6.45, 7) is 8.47. The lowest BCUT2D eigenvalue weighted by atomic mass is 10.1. The minimum atomic E-state index is -3.76. The van der Waals surface area contributed by atoms with Gasteiger partial charge in [0.2, 0.25) is 5.91 Å². The van der Waals surface area contributed by atoms with Crippen molar-refractivity contribution < 1.29 is 13.2 Å². The van der Waals surface area contributed by atoms with Crippen molar-refractivity contribution in [3.63, 3.8) is 0 Å². The Morgan fingerprint density at radius 3 is 2.35 bits per heavy atom. The number of nitrogens with one attached hydrogen (secondary N) is 1. The molecular weight excluding hydrogens is 276 g/mol. The van der Waals surface area contributed by atoms with E-state index in [9.17, 15) is 13.2 Å². The summed E-state index contributed by atoms with van der Waals surface area (Å²) in [5, 5.41) is 1.51. The zero-order valence-electron chi connectivity index (χ0n) is 12.5. The summed E-state index contributed by atoms with van der Waals surface area (Å²) in [5.74, 6) is -0.515. The smallest absolute Gasteiger partial charge is 0.238 e. The molecular formula is C14H22N2O3S. The van der Waals surface area contributed by atoms with E-state index in [1.165, 1.54) is 13.0 Å². The van der Waals surface area contributed by atoms with Crippen molar-refractivity contribution in [2.75, 3.05) is 5.73 Å². The van der Waals surface area contributed by atoms with Gasteiger partial charge in [-0.3, -0.25) is 4.79 Å². The molecule has 3 N–H and O–H groups in total. The van der Waals surface area contributed by atoms with Crippen molar-refractivity contribution in [3.05, 3.63) is 23.8 Å². The number of aryl methyl sites for hydroxylation is 1. The molecule has 20 heavy (non-hydrogen) atoms. The first-order valence-electron chi connectivity index (χ1n) is 6.37. The van der Waals surface area contributed by atoms with Crippen molar-refractivity contribution in [2.24, 2.45) is 0 Å². The van der Waals surface area contributed by atoms with Gasteiger partial charge < -0.3 is 11.1 Å². The molecule has 1 aromatic rings. The van der Waals surface area contributed by atoms with Crippen LogP contribution in [-0.4, -0.2) is 25.1 Å². The van der Waals surface area contributed by atoms with Crippen LogP contribution in [0.2, 0.25) is 0 Å². The zero-order chi connectivity index (χ0) is 15.7. The standard InChI is InChI=1S/C14H22N2O3S/c1-9-6-7-11(15)8-12(9)20(18,19)10(2)13(17)16-14(3,4)5/h6-8,10H,15H2,1-5H3,(H,16,17). The van der Waals surface area contributed by atoms with Crippen LogP contribution >= 0.6 is 0 Å². The first-order valence-corrected chi connectivity index (χ1v) is 7.92. The maximum absolute atomic E-state index is 12.5. The number of nitrogen functional groups attached to an aromatic ring is 1. The van der Waals surface area contributed by atoms with Crippen molar-refractivity contribution in [2.45, 2.75) is 50.3 Å². The quantitative estimate of drug-likeness (QED) is 0.830. The second-order valence-electron chi connectivity index (χ2n) is 5.95. The van der Waals surface area contributed by atoms with Crippen LogP contribution in [0.25, 0.3) is 0 Å². The Bertz CT molecular complexity index is 616. The number of benzene rings is 1. The number of nitrogens with two attached hydrogens (primary N) is 1. The lowest BCUT2D eigenvalue weighted by Gasteiger charge is -2.23. The molecule has 0 aromatic heterocycles. The van der Waals surface area contributed by atoms with Gasteiger partial charge in [0, 0.05) is 11.2 Å². The molecule has 0 aliphatic heterocycles. The minimum absolute atomic E-state index is 0.106. The molecule has 0 aliphatic carbocycles. The van der Waals surface area contributed by atoms with Gasteiger partial charge in [0.05, 0.1) is 4.90 Å². The second kappa shape index (κ2) is 5.44. The van der Waals surface area contributed by atoms with Crippen LogP contribution in [-0.2, 0) is 14.6 Å². The molecule has 0 fully saturated rings. The van der Waals surface area contributed by atoms with Gasteiger partial charge in [-0.1, -0.05) is 6.07 Å². The average molecular weight is 298 g/mol. The molecule has 6 heteroatoms. The Balaban J connectivity index is 3.16. The van der Waals surface area contributed by atoms with Crippen molar-refractivity contribution in [1.82, 2.24) is 5.32 Å². The van der Waals surface area contributed by atoms with E-state index < -0.39 is 26.5 Å². The molecule has 0 saturated carbocycles. The van der Waals surface area contributed by atoms with E-state index in [2.05, 4.69) is 5.32 Å². The molecule has 112 valence electrons. The summed E-state index contributed by atoms with van der Waals surface area (Å²) < 4.78 is 25.0. The number of carbonyl (C=O) groups is 1. The molecule has 0 aliphatic rings. The van der Waals surface area contributed by atoms with E-state index in [4.69, 9.17) is 5.73 Å². The molecule has 0 spiro atoms. The largest absolute Gasteiger partial charge is 0.399 e. The normalized spacial score (nSPS) is 13.8. The van der Waals surface area contributed by atoms with E-state index in [0.29, 0.717) is 11.3 Å². The lowest BCUT2D eigenvalue weighted by molar-refractivity contribution is -0.121. The Labute approximate surface area is 120 Å². The number of rotatable bonds is 3. The average Bonchev–Trinajstić information content (AvgIpc) is 2.28. The van der Waals surface area contributed by atoms with Gasteiger partial charge in [-0.15, -0.1) is 0 Å². The number of amides is 1. The van der Waals surface area contributed by atoms with Gasteiger partial charge in [-0.2, -0.15) is 0 Å². The summed E-state index contributed by atoms with van der Waals surface area (Å²) in [6, 6.07) is 4.66. The van der Waals surface area contributed by atoms with Crippen LogP contribution < -0.4 is 11.1 Å². The first-order chi connectivity index (χ1) is 8.95. The molecule has 0 radical (unpaired) electrons. The number of hydrogen-bond donors (Lipinski definition) is 2. The highest BCUT2D eigenvalue weighted by atomic mass is 32.2. The van der Waals surface area contributed by atoms with Crippen LogP contribution in [0.5, 0.6) is 0 Å². The fraction of sp³-hybridized carbons (Fsp3) is 0.500. The van der Waals surface area contributed by atoms with Crippen LogP contribution in [0.1, 0.15) is 33.3 Å².